The van der Waals surface area contributed by atoms with Crippen LogP contribution in [0.4, 0.5) is 0 Å². The molecule has 102 valence electrons. The summed E-state index contributed by atoms with van der Waals surface area (Å²) in [5.41, 5.74) is 2.18. The van der Waals surface area contributed by atoms with Gasteiger partial charge >= 0.3 is 0 Å². The highest BCUT2D eigenvalue weighted by Gasteiger charge is 2.08. The van der Waals surface area contributed by atoms with Gasteiger partial charge in [0, 0.05) is 36.1 Å². The Morgan fingerprint density at radius 3 is 2.58 bits per heavy atom. The van der Waals surface area contributed by atoms with E-state index in [4.69, 9.17) is 4.74 Å². The summed E-state index contributed by atoms with van der Waals surface area (Å²) in [4.78, 5) is 4.27. The molecule has 2 N–H and O–H groups in total. The molecule has 0 aliphatic carbocycles. The van der Waals surface area contributed by atoms with E-state index in [0.717, 1.165) is 17.8 Å². The molecule has 0 spiro atoms. The van der Waals surface area contributed by atoms with E-state index < -0.39 is 0 Å². The van der Waals surface area contributed by atoms with Gasteiger partial charge in [-0.3, -0.25) is 5.10 Å². The SMILES string of the molecule is Cc1cc(Oc2ccc(CNC(C)(C)C)cn2)n[nH]1. The molecule has 0 bridgehead atoms. The average molecular weight is 260 g/mol. The first-order valence-corrected chi connectivity index (χ1v) is 6.32. The minimum atomic E-state index is 0.0989. The number of hydrogen-bond donors (Lipinski definition) is 2. The topological polar surface area (TPSA) is 62.8 Å². The van der Waals surface area contributed by atoms with Gasteiger partial charge in [0.05, 0.1) is 0 Å². The molecule has 5 heteroatoms. The number of aromatic nitrogens is 3. The Labute approximate surface area is 113 Å². The lowest BCUT2D eigenvalue weighted by Gasteiger charge is -2.20. The minimum absolute atomic E-state index is 0.0989. The van der Waals surface area contributed by atoms with Crippen LogP contribution >= 0.6 is 0 Å². The van der Waals surface area contributed by atoms with Gasteiger partial charge in [-0.2, -0.15) is 0 Å². The normalized spacial score (nSPS) is 11.6. The maximum atomic E-state index is 5.53. The lowest BCUT2D eigenvalue weighted by atomic mass is 10.1. The Morgan fingerprint density at radius 1 is 1.26 bits per heavy atom. The Morgan fingerprint density at radius 2 is 2.05 bits per heavy atom. The first kappa shape index (κ1) is 13.5. The number of ether oxygens (including phenoxy) is 1. The molecule has 0 aromatic carbocycles. The Bertz CT molecular complexity index is 525. The summed E-state index contributed by atoms with van der Waals surface area (Å²) in [5.74, 6) is 1.08. The van der Waals surface area contributed by atoms with Crippen molar-refractivity contribution in [1.29, 1.82) is 0 Å². The van der Waals surface area contributed by atoms with Gasteiger partial charge < -0.3 is 10.1 Å². The summed E-state index contributed by atoms with van der Waals surface area (Å²) >= 11 is 0. The van der Waals surface area contributed by atoms with Crippen molar-refractivity contribution < 1.29 is 4.74 Å². The third kappa shape index (κ3) is 4.37. The van der Waals surface area contributed by atoms with Crippen molar-refractivity contribution in [3.8, 4) is 11.8 Å². The molecule has 5 nitrogen and oxygen atoms in total. The van der Waals surface area contributed by atoms with Gasteiger partial charge in [0.25, 0.3) is 0 Å². The van der Waals surface area contributed by atoms with Crippen LogP contribution in [-0.4, -0.2) is 20.7 Å². The zero-order valence-electron chi connectivity index (χ0n) is 11.8. The monoisotopic (exact) mass is 260 g/mol. The number of nitrogens with zero attached hydrogens (tertiary/aromatic N) is 2. The molecule has 19 heavy (non-hydrogen) atoms. The smallest absolute Gasteiger partial charge is 0.240 e. The Balaban J connectivity index is 1.95. The van der Waals surface area contributed by atoms with Crippen molar-refractivity contribution in [3.05, 3.63) is 35.7 Å². The van der Waals surface area contributed by atoms with Gasteiger partial charge in [0.2, 0.25) is 11.8 Å². The second-order valence-electron chi connectivity index (χ2n) is 5.60. The van der Waals surface area contributed by atoms with E-state index in [0.29, 0.717) is 11.8 Å². The van der Waals surface area contributed by atoms with Crippen molar-refractivity contribution >= 4 is 0 Å². The first-order valence-electron chi connectivity index (χ1n) is 6.32. The fraction of sp³-hybridized carbons (Fsp3) is 0.429. The van der Waals surface area contributed by atoms with E-state index in [-0.39, 0.29) is 5.54 Å². The molecule has 0 fully saturated rings. The number of H-pyrrole nitrogens is 1. The molecule has 2 aromatic rings. The van der Waals surface area contributed by atoms with Crippen LogP contribution in [0.1, 0.15) is 32.0 Å². The molecule has 0 amide bonds. The number of rotatable bonds is 4. The average Bonchev–Trinajstić information content (AvgIpc) is 2.73. The fourth-order valence-electron chi connectivity index (χ4n) is 1.50. The molecule has 2 heterocycles. The van der Waals surface area contributed by atoms with Gasteiger partial charge in [-0.15, -0.1) is 5.10 Å². The van der Waals surface area contributed by atoms with Crippen molar-refractivity contribution in [2.24, 2.45) is 0 Å². The molecule has 0 unspecified atom stereocenters. The molecule has 2 aromatic heterocycles. The summed E-state index contributed by atoms with van der Waals surface area (Å²) in [6.45, 7) is 9.13. The van der Waals surface area contributed by atoms with Crippen LogP contribution in [0.5, 0.6) is 11.8 Å². The molecule has 0 saturated carbocycles. The van der Waals surface area contributed by atoms with Crippen molar-refractivity contribution in [2.45, 2.75) is 39.8 Å². The van der Waals surface area contributed by atoms with E-state index in [1.807, 2.05) is 31.3 Å². The number of pyridine rings is 1. The Hall–Kier alpha value is -1.88. The van der Waals surface area contributed by atoms with Crippen molar-refractivity contribution in [3.63, 3.8) is 0 Å². The molecule has 2 rings (SSSR count). The summed E-state index contributed by atoms with van der Waals surface area (Å²) in [6.07, 6.45) is 1.81. The maximum Gasteiger partial charge on any atom is 0.240 e. The second-order valence-corrected chi connectivity index (χ2v) is 5.60. The number of nitrogens with one attached hydrogen (secondary N) is 2. The third-order valence-electron chi connectivity index (χ3n) is 2.51. The predicted molar refractivity (Wildman–Crippen MR) is 74.2 cm³/mol. The van der Waals surface area contributed by atoms with Crippen LogP contribution in [0.3, 0.4) is 0 Å². The molecular weight excluding hydrogens is 240 g/mol. The molecule has 0 radical (unpaired) electrons. The number of aryl methyl sites for hydroxylation is 1. The van der Waals surface area contributed by atoms with Crippen LogP contribution < -0.4 is 10.1 Å². The van der Waals surface area contributed by atoms with Gasteiger partial charge in [-0.1, -0.05) is 6.07 Å². The number of hydrogen-bond acceptors (Lipinski definition) is 4. The third-order valence-corrected chi connectivity index (χ3v) is 2.51. The van der Waals surface area contributed by atoms with Crippen LogP contribution in [0.25, 0.3) is 0 Å². The second kappa shape index (κ2) is 5.40. The highest BCUT2D eigenvalue weighted by Crippen LogP contribution is 2.17. The van der Waals surface area contributed by atoms with Crippen molar-refractivity contribution in [2.75, 3.05) is 0 Å². The molecule has 0 aliphatic heterocycles. The fourth-order valence-corrected chi connectivity index (χ4v) is 1.50. The molecular formula is C14H20N4O. The standard InChI is InChI=1S/C14H20N4O/c1-10-7-13(18-17-10)19-12-6-5-11(8-15-12)9-16-14(2,3)4/h5-8,16H,9H2,1-4H3,(H,17,18). The van der Waals surface area contributed by atoms with Crippen LogP contribution in [0, 0.1) is 6.92 Å². The van der Waals surface area contributed by atoms with E-state index in [1.165, 1.54) is 0 Å². The first-order chi connectivity index (χ1) is 8.92. The summed E-state index contributed by atoms with van der Waals surface area (Å²) in [5, 5.41) is 10.2. The van der Waals surface area contributed by atoms with Gasteiger partial charge in [-0.25, -0.2) is 4.98 Å². The largest absolute Gasteiger partial charge is 0.419 e. The highest BCUT2D eigenvalue weighted by atomic mass is 16.5. The minimum Gasteiger partial charge on any atom is -0.419 e. The van der Waals surface area contributed by atoms with E-state index >= 15 is 0 Å². The summed E-state index contributed by atoms with van der Waals surface area (Å²) in [6, 6.07) is 5.68. The van der Waals surface area contributed by atoms with Gasteiger partial charge in [-0.05, 0) is 33.3 Å². The quantitative estimate of drug-likeness (QED) is 0.887. The van der Waals surface area contributed by atoms with Crippen molar-refractivity contribution in [1.82, 2.24) is 20.5 Å². The number of aromatic amines is 1. The van der Waals surface area contributed by atoms with Crippen LogP contribution in [0.2, 0.25) is 0 Å². The maximum absolute atomic E-state index is 5.53. The van der Waals surface area contributed by atoms with Gasteiger partial charge in [0.15, 0.2) is 0 Å². The molecule has 0 saturated heterocycles. The van der Waals surface area contributed by atoms with Crippen LogP contribution in [-0.2, 0) is 6.54 Å². The van der Waals surface area contributed by atoms with Gasteiger partial charge in [0.1, 0.15) is 0 Å². The summed E-state index contributed by atoms with van der Waals surface area (Å²) in [7, 11) is 0. The lowest BCUT2D eigenvalue weighted by Crippen LogP contribution is -2.35. The van der Waals surface area contributed by atoms with E-state index in [2.05, 4.69) is 41.3 Å². The molecule has 0 atom stereocenters. The highest BCUT2D eigenvalue weighted by molar-refractivity contribution is 5.23. The zero-order valence-corrected chi connectivity index (χ0v) is 11.8. The Kier molecular flexibility index (Phi) is 3.85. The van der Waals surface area contributed by atoms with E-state index in [1.54, 1.807) is 0 Å². The summed E-state index contributed by atoms with van der Waals surface area (Å²) < 4.78 is 5.53. The molecule has 0 aliphatic rings. The zero-order chi connectivity index (χ0) is 13.9. The lowest BCUT2D eigenvalue weighted by molar-refractivity contribution is 0.422. The predicted octanol–water partition coefficient (Wildman–Crippen LogP) is 2.79. The van der Waals surface area contributed by atoms with Crippen LogP contribution in [0.15, 0.2) is 24.4 Å². The van der Waals surface area contributed by atoms with E-state index in [9.17, 15) is 0 Å².